The molecule has 0 bridgehead atoms. The second-order valence-electron chi connectivity index (χ2n) is 5.85. The normalized spacial score (nSPS) is 19.4. The van der Waals surface area contributed by atoms with Crippen LogP contribution in [-0.2, 0) is 4.79 Å². The van der Waals surface area contributed by atoms with Gasteiger partial charge in [-0.05, 0) is 37.3 Å². The number of hydrogen-bond acceptors (Lipinski definition) is 2. The van der Waals surface area contributed by atoms with E-state index in [1.165, 1.54) is 0 Å². The fourth-order valence-electron chi connectivity index (χ4n) is 2.62. The zero-order valence-corrected chi connectivity index (χ0v) is 14.1. The largest absolute Gasteiger partial charge is 0.343 e. The van der Waals surface area contributed by atoms with Gasteiger partial charge in [0.25, 0.3) is 0 Å². The van der Waals surface area contributed by atoms with Gasteiger partial charge in [-0.1, -0.05) is 35.0 Å². The van der Waals surface area contributed by atoms with Crippen LogP contribution in [0.1, 0.15) is 49.4 Å². The molecule has 114 valence electrons. The molecule has 0 radical (unpaired) electrons. The van der Waals surface area contributed by atoms with Gasteiger partial charge in [-0.3, -0.25) is 9.59 Å². The molecule has 1 aliphatic heterocycles. The van der Waals surface area contributed by atoms with Crippen LogP contribution in [0.3, 0.4) is 0 Å². The van der Waals surface area contributed by atoms with Crippen molar-refractivity contribution in [2.45, 2.75) is 39.0 Å². The number of nitrogens with zero attached hydrogens (tertiary/aromatic N) is 1. The van der Waals surface area contributed by atoms with Gasteiger partial charge in [-0.15, -0.1) is 0 Å². The highest BCUT2D eigenvalue weighted by atomic mass is 79.9. The number of carbonyl (C=O) groups excluding carboxylic acids is 2. The molecule has 2 rings (SSSR count). The molecule has 0 aromatic heterocycles. The molecule has 0 N–H and O–H groups in total. The van der Waals surface area contributed by atoms with E-state index in [0.717, 1.165) is 35.8 Å². The minimum atomic E-state index is 0.151. The maximum atomic E-state index is 12.1. The lowest BCUT2D eigenvalue weighted by Gasteiger charge is -2.20. The summed E-state index contributed by atoms with van der Waals surface area (Å²) in [5.41, 5.74) is 0.744. The average Bonchev–Trinajstić information content (AvgIpc) is 2.63. The van der Waals surface area contributed by atoms with Crippen molar-refractivity contribution in [1.29, 1.82) is 0 Å². The van der Waals surface area contributed by atoms with Crippen molar-refractivity contribution in [1.82, 2.24) is 4.90 Å². The maximum Gasteiger partial charge on any atom is 0.222 e. The minimum Gasteiger partial charge on any atom is -0.343 e. The molecule has 0 aliphatic carbocycles. The molecular weight excluding hydrogens is 330 g/mol. The van der Waals surface area contributed by atoms with E-state index in [1.807, 2.05) is 29.2 Å². The van der Waals surface area contributed by atoms with Crippen LogP contribution in [0.4, 0.5) is 0 Å². The lowest BCUT2D eigenvalue weighted by atomic mass is 10.0. The van der Waals surface area contributed by atoms with Gasteiger partial charge in [0.2, 0.25) is 5.91 Å². The van der Waals surface area contributed by atoms with Gasteiger partial charge >= 0.3 is 0 Å². The van der Waals surface area contributed by atoms with Gasteiger partial charge in [-0.2, -0.15) is 0 Å². The van der Waals surface area contributed by atoms with Crippen molar-refractivity contribution in [2.75, 3.05) is 13.1 Å². The fraction of sp³-hybridized carbons (Fsp3) is 0.529. The Morgan fingerprint density at radius 3 is 2.71 bits per heavy atom. The van der Waals surface area contributed by atoms with Crippen molar-refractivity contribution in [3.05, 3.63) is 34.3 Å². The number of amides is 1. The second-order valence-corrected chi connectivity index (χ2v) is 6.76. The number of ketones is 1. The molecule has 4 heteroatoms. The highest BCUT2D eigenvalue weighted by Crippen LogP contribution is 2.18. The van der Waals surface area contributed by atoms with E-state index in [9.17, 15) is 9.59 Å². The molecule has 0 saturated carbocycles. The van der Waals surface area contributed by atoms with Gasteiger partial charge in [0.15, 0.2) is 5.78 Å². The number of carbonyl (C=O) groups is 2. The molecule has 1 unspecified atom stereocenters. The Morgan fingerprint density at radius 2 is 2.00 bits per heavy atom. The van der Waals surface area contributed by atoms with E-state index in [0.29, 0.717) is 25.3 Å². The van der Waals surface area contributed by atoms with E-state index in [-0.39, 0.29) is 11.7 Å². The van der Waals surface area contributed by atoms with E-state index < -0.39 is 0 Å². The summed E-state index contributed by atoms with van der Waals surface area (Å²) in [7, 11) is 0. The molecule has 0 spiro atoms. The van der Waals surface area contributed by atoms with Crippen LogP contribution in [-0.4, -0.2) is 29.7 Å². The Balaban J connectivity index is 1.79. The van der Waals surface area contributed by atoms with Gasteiger partial charge in [0, 0.05) is 36.0 Å². The van der Waals surface area contributed by atoms with E-state index >= 15 is 0 Å². The summed E-state index contributed by atoms with van der Waals surface area (Å²) >= 11 is 3.36. The van der Waals surface area contributed by atoms with Gasteiger partial charge in [0.1, 0.15) is 0 Å². The van der Waals surface area contributed by atoms with E-state index in [1.54, 1.807) is 0 Å². The molecule has 3 nitrogen and oxygen atoms in total. The fourth-order valence-corrected chi connectivity index (χ4v) is 2.88. The number of likely N-dealkylation sites (tertiary alicyclic amines) is 1. The zero-order valence-electron chi connectivity index (χ0n) is 12.5. The summed E-state index contributed by atoms with van der Waals surface area (Å²) in [6.07, 6.45) is 3.97. The van der Waals surface area contributed by atoms with Crippen molar-refractivity contribution >= 4 is 27.6 Å². The quantitative estimate of drug-likeness (QED) is 0.750. The Bertz CT molecular complexity index is 498. The first kappa shape index (κ1) is 16.2. The highest BCUT2D eigenvalue weighted by Gasteiger charge is 2.19. The van der Waals surface area contributed by atoms with Crippen molar-refractivity contribution in [3.63, 3.8) is 0 Å². The van der Waals surface area contributed by atoms with Crippen LogP contribution < -0.4 is 0 Å². The molecular formula is C17H22BrNO2. The Labute approximate surface area is 134 Å². The molecule has 1 aromatic carbocycles. The summed E-state index contributed by atoms with van der Waals surface area (Å²) < 4.78 is 0.975. The molecule has 1 atom stereocenters. The SMILES string of the molecule is CC1CCC(=O)N(CCCC(=O)c2ccc(Br)cc2)CC1. The molecule has 1 heterocycles. The summed E-state index contributed by atoms with van der Waals surface area (Å²) in [6, 6.07) is 7.44. The predicted octanol–water partition coefficient (Wildman–Crippen LogP) is 4.06. The predicted molar refractivity (Wildman–Crippen MR) is 87.3 cm³/mol. The van der Waals surface area contributed by atoms with Gasteiger partial charge in [-0.25, -0.2) is 0 Å². The number of hydrogen-bond donors (Lipinski definition) is 0. The molecule has 1 amide bonds. The second kappa shape index (κ2) is 7.74. The number of Topliss-reactive ketones (excluding diaryl/α,β-unsaturated/α-hetero) is 1. The first-order valence-corrected chi connectivity index (χ1v) is 8.42. The van der Waals surface area contributed by atoms with Crippen molar-refractivity contribution in [3.8, 4) is 0 Å². The summed E-state index contributed by atoms with van der Waals surface area (Å²) in [5, 5.41) is 0. The Kier molecular flexibility index (Phi) is 5.97. The number of halogens is 1. The van der Waals surface area contributed by atoms with Gasteiger partial charge < -0.3 is 4.90 Å². The standard InChI is InChI=1S/C17H22BrNO2/c1-13-4-9-17(21)19(12-10-13)11-2-3-16(20)14-5-7-15(18)8-6-14/h5-8,13H,2-4,9-12H2,1H3. The van der Waals surface area contributed by atoms with Crippen molar-refractivity contribution in [2.24, 2.45) is 5.92 Å². The van der Waals surface area contributed by atoms with Crippen molar-refractivity contribution < 1.29 is 9.59 Å². The number of benzene rings is 1. The van der Waals surface area contributed by atoms with Gasteiger partial charge in [0.05, 0.1) is 0 Å². The molecule has 1 fully saturated rings. The van der Waals surface area contributed by atoms with Crippen LogP contribution >= 0.6 is 15.9 Å². The monoisotopic (exact) mass is 351 g/mol. The lowest BCUT2D eigenvalue weighted by Crippen LogP contribution is -2.31. The third kappa shape index (κ3) is 4.95. The molecule has 1 saturated heterocycles. The summed E-state index contributed by atoms with van der Waals surface area (Å²) in [4.78, 5) is 26.0. The number of rotatable bonds is 5. The zero-order chi connectivity index (χ0) is 15.2. The molecule has 21 heavy (non-hydrogen) atoms. The van der Waals surface area contributed by atoms with Crippen LogP contribution in [0.15, 0.2) is 28.7 Å². The summed E-state index contributed by atoms with van der Waals surface area (Å²) in [6.45, 7) is 3.74. The maximum absolute atomic E-state index is 12.1. The third-order valence-corrected chi connectivity index (χ3v) is 4.62. The smallest absolute Gasteiger partial charge is 0.222 e. The first-order chi connectivity index (χ1) is 10.1. The van der Waals surface area contributed by atoms with E-state index in [4.69, 9.17) is 0 Å². The van der Waals surface area contributed by atoms with Crippen LogP contribution in [0.5, 0.6) is 0 Å². The lowest BCUT2D eigenvalue weighted by molar-refractivity contribution is -0.130. The Hall–Kier alpha value is -1.16. The van der Waals surface area contributed by atoms with E-state index in [2.05, 4.69) is 22.9 Å². The topological polar surface area (TPSA) is 37.4 Å². The van der Waals surface area contributed by atoms with Crippen LogP contribution in [0.2, 0.25) is 0 Å². The molecule has 1 aliphatic rings. The average molecular weight is 352 g/mol. The molecule has 1 aromatic rings. The van der Waals surface area contributed by atoms with Crippen LogP contribution in [0.25, 0.3) is 0 Å². The summed E-state index contributed by atoms with van der Waals surface area (Å²) in [5.74, 6) is 1.02. The first-order valence-electron chi connectivity index (χ1n) is 7.63. The Morgan fingerprint density at radius 1 is 1.29 bits per heavy atom. The highest BCUT2D eigenvalue weighted by molar-refractivity contribution is 9.10. The van der Waals surface area contributed by atoms with Crippen LogP contribution in [0, 0.1) is 5.92 Å². The third-order valence-electron chi connectivity index (χ3n) is 4.09. The minimum absolute atomic E-state index is 0.151.